The first-order valence-corrected chi connectivity index (χ1v) is 5.64. The molecule has 1 aromatic heterocycles. The molecule has 17 heavy (non-hydrogen) atoms. The third kappa shape index (κ3) is 4.82. The van der Waals surface area contributed by atoms with Crippen molar-refractivity contribution in [2.75, 3.05) is 20.2 Å². The average molecular weight is 237 g/mol. The van der Waals surface area contributed by atoms with Crippen LogP contribution in [0.4, 0.5) is 0 Å². The number of amides is 1. The Bertz CT molecular complexity index is 380. The Kier molecular flexibility index (Phi) is 5.42. The number of methoxy groups -OCH3 is 1. The molecule has 0 aliphatic heterocycles. The maximum absolute atomic E-state index is 11.2. The second-order valence-corrected chi connectivity index (χ2v) is 3.70. The topological polar surface area (TPSA) is 63.2 Å². The van der Waals surface area contributed by atoms with Gasteiger partial charge < -0.3 is 15.4 Å². The molecule has 5 heteroatoms. The Morgan fingerprint density at radius 1 is 1.47 bits per heavy atom. The van der Waals surface area contributed by atoms with Gasteiger partial charge in [0.1, 0.15) is 5.75 Å². The zero-order valence-electron chi connectivity index (χ0n) is 10.5. The quantitative estimate of drug-likeness (QED) is 0.761. The van der Waals surface area contributed by atoms with Gasteiger partial charge in [-0.3, -0.25) is 9.78 Å². The first-order valence-electron chi connectivity index (χ1n) is 5.64. The lowest BCUT2D eigenvalue weighted by molar-refractivity contribution is -0.120. The third-order valence-corrected chi connectivity index (χ3v) is 2.18. The molecule has 2 N–H and O–H groups in total. The van der Waals surface area contributed by atoms with Crippen LogP contribution in [0.1, 0.15) is 18.3 Å². The maximum Gasteiger partial charge on any atom is 0.233 e. The third-order valence-electron chi connectivity index (χ3n) is 2.18. The fraction of sp³-hybridized carbons (Fsp3) is 0.500. The van der Waals surface area contributed by atoms with Crippen molar-refractivity contribution in [3.63, 3.8) is 0 Å². The molecule has 0 aliphatic rings. The summed E-state index contributed by atoms with van der Waals surface area (Å²) < 4.78 is 5.15. The highest BCUT2D eigenvalue weighted by atomic mass is 16.5. The number of pyridine rings is 1. The molecule has 5 nitrogen and oxygen atoms in total. The number of hydrogen-bond acceptors (Lipinski definition) is 4. The minimum Gasteiger partial charge on any atom is -0.497 e. The highest BCUT2D eigenvalue weighted by Crippen LogP contribution is 2.12. The van der Waals surface area contributed by atoms with E-state index in [1.165, 1.54) is 0 Å². The predicted molar refractivity (Wildman–Crippen MR) is 65.9 cm³/mol. The van der Waals surface area contributed by atoms with Crippen LogP contribution >= 0.6 is 0 Å². The summed E-state index contributed by atoms with van der Waals surface area (Å²) in [7, 11) is 1.63. The fourth-order valence-corrected chi connectivity index (χ4v) is 1.48. The highest BCUT2D eigenvalue weighted by Gasteiger charge is 2.02. The van der Waals surface area contributed by atoms with Crippen molar-refractivity contribution in [1.82, 2.24) is 15.6 Å². The second kappa shape index (κ2) is 6.85. The molecule has 1 amide bonds. The standard InChI is InChI=1S/C12H19N3O2/c1-4-14-12(16)8-13-7-10-6-11(17-3)5-9(2)15-10/h5-6,13H,4,7-8H2,1-3H3,(H,14,16). The number of carbonyl (C=O) groups is 1. The number of likely N-dealkylation sites (N-methyl/N-ethyl adjacent to an activating group) is 1. The van der Waals surface area contributed by atoms with Gasteiger partial charge in [0.05, 0.1) is 19.3 Å². The molecule has 0 spiro atoms. The van der Waals surface area contributed by atoms with Gasteiger partial charge in [-0.05, 0) is 13.8 Å². The van der Waals surface area contributed by atoms with E-state index >= 15 is 0 Å². The van der Waals surface area contributed by atoms with E-state index in [1.807, 2.05) is 26.0 Å². The van der Waals surface area contributed by atoms with Crippen LogP contribution < -0.4 is 15.4 Å². The molecule has 0 bridgehead atoms. The van der Waals surface area contributed by atoms with E-state index < -0.39 is 0 Å². The first-order chi connectivity index (χ1) is 8.15. The lowest BCUT2D eigenvalue weighted by atomic mass is 10.3. The van der Waals surface area contributed by atoms with Crippen LogP contribution in [0.25, 0.3) is 0 Å². The lowest BCUT2D eigenvalue weighted by Gasteiger charge is -2.07. The van der Waals surface area contributed by atoms with E-state index in [4.69, 9.17) is 4.74 Å². The van der Waals surface area contributed by atoms with E-state index in [0.29, 0.717) is 19.6 Å². The molecule has 0 atom stereocenters. The number of rotatable bonds is 6. The van der Waals surface area contributed by atoms with Gasteiger partial charge in [-0.2, -0.15) is 0 Å². The number of aryl methyl sites for hydroxylation is 1. The van der Waals surface area contributed by atoms with Crippen molar-refractivity contribution in [2.24, 2.45) is 0 Å². The first kappa shape index (κ1) is 13.4. The van der Waals surface area contributed by atoms with Crippen LogP contribution in [0.5, 0.6) is 5.75 Å². The Labute approximate surface area is 102 Å². The molecule has 0 radical (unpaired) electrons. The molecular weight excluding hydrogens is 218 g/mol. The van der Waals surface area contributed by atoms with E-state index in [0.717, 1.165) is 17.1 Å². The number of aromatic nitrogens is 1. The van der Waals surface area contributed by atoms with E-state index in [2.05, 4.69) is 15.6 Å². The molecule has 0 fully saturated rings. The van der Waals surface area contributed by atoms with Crippen molar-refractivity contribution in [3.8, 4) is 5.75 Å². The van der Waals surface area contributed by atoms with Crippen LogP contribution in [0.15, 0.2) is 12.1 Å². The number of ether oxygens (including phenoxy) is 1. The van der Waals surface area contributed by atoms with Gasteiger partial charge in [0.15, 0.2) is 0 Å². The number of nitrogens with zero attached hydrogens (tertiary/aromatic N) is 1. The normalized spacial score (nSPS) is 10.1. The van der Waals surface area contributed by atoms with Gasteiger partial charge >= 0.3 is 0 Å². The zero-order chi connectivity index (χ0) is 12.7. The molecule has 0 unspecified atom stereocenters. The van der Waals surface area contributed by atoms with Gasteiger partial charge in [0.2, 0.25) is 5.91 Å². The Balaban J connectivity index is 2.46. The van der Waals surface area contributed by atoms with Crippen LogP contribution in [-0.4, -0.2) is 31.1 Å². The maximum atomic E-state index is 11.2. The SMILES string of the molecule is CCNC(=O)CNCc1cc(OC)cc(C)n1. The number of carbonyl (C=O) groups excluding carboxylic acids is 1. The van der Waals surface area contributed by atoms with Crippen molar-refractivity contribution < 1.29 is 9.53 Å². The van der Waals surface area contributed by atoms with E-state index in [1.54, 1.807) is 7.11 Å². The molecule has 0 saturated heterocycles. The predicted octanol–water partition coefficient (Wildman–Crippen LogP) is 0.624. The summed E-state index contributed by atoms with van der Waals surface area (Å²) in [6.07, 6.45) is 0. The monoisotopic (exact) mass is 237 g/mol. The van der Waals surface area contributed by atoms with Gasteiger partial charge in [-0.15, -0.1) is 0 Å². The summed E-state index contributed by atoms with van der Waals surface area (Å²) in [5.74, 6) is 0.777. The number of nitrogens with one attached hydrogen (secondary N) is 2. The van der Waals surface area contributed by atoms with Gasteiger partial charge in [0, 0.05) is 30.9 Å². The Morgan fingerprint density at radius 3 is 2.88 bits per heavy atom. The molecular formula is C12H19N3O2. The van der Waals surface area contributed by atoms with Crippen molar-refractivity contribution in [2.45, 2.75) is 20.4 Å². The summed E-state index contributed by atoms with van der Waals surface area (Å²) in [5, 5.41) is 5.75. The summed E-state index contributed by atoms with van der Waals surface area (Å²) in [5.41, 5.74) is 1.77. The van der Waals surface area contributed by atoms with Crippen molar-refractivity contribution in [3.05, 3.63) is 23.5 Å². The summed E-state index contributed by atoms with van der Waals surface area (Å²) in [6, 6.07) is 3.73. The smallest absolute Gasteiger partial charge is 0.233 e. The molecule has 1 aromatic rings. The van der Waals surface area contributed by atoms with Crippen molar-refractivity contribution >= 4 is 5.91 Å². The summed E-state index contributed by atoms with van der Waals surface area (Å²) in [6.45, 7) is 5.30. The van der Waals surface area contributed by atoms with Gasteiger partial charge in [-0.1, -0.05) is 0 Å². The van der Waals surface area contributed by atoms with Gasteiger partial charge in [0.25, 0.3) is 0 Å². The number of hydrogen-bond donors (Lipinski definition) is 2. The van der Waals surface area contributed by atoms with Crippen LogP contribution in [-0.2, 0) is 11.3 Å². The fourth-order valence-electron chi connectivity index (χ4n) is 1.48. The van der Waals surface area contributed by atoms with Crippen molar-refractivity contribution in [1.29, 1.82) is 0 Å². The molecule has 0 aliphatic carbocycles. The van der Waals surface area contributed by atoms with E-state index in [9.17, 15) is 4.79 Å². The highest BCUT2D eigenvalue weighted by molar-refractivity contribution is 5.77. The average Bonchev–Trinajstić information content (AvgIpc) is 2.28. The molecule has 94 valence electrons. The second-order valence-electron chi connectivity index (χ2n) is 3.70. The molecule has 0 aromatic carbocycles. The van der Waals surface area contributed by atoms with Gasteiger partial charge in [-0.25, -0.2) is 0 Å². The van der Waals surface area contributed by atoms with Crippen LogP contribution in [0.3, 0.4) is 0 Å². The molecule has 1 heterocycles. The minimum atomic E-state index is -0.00730. The Hall–Kier alpha value is -1.62. The minimum absolute atomic E-state index is 0.00730. The summed E-state index contributed by atoms with van der Waals surface area (Å²) >= 11 is 0. The van der Waals surface area contributed by atoms with E-state index in [-0.39, 0.29) is 5.91 Å². The van der Waals surface area contributed by atoms with Crippen LogP contribution in [0.2, 0.25) is 0 Å². The zero-order valence-corrected chi connectivity index (χ0v) is 10.5. The Morgan fingerprint density at radius 2 is 2.24 bits per heavy atom. The molecule has 0 saturated carbocycles. The largest absolute Gasteiger partial charge is 0.497 e. The lowest BCUT2D eigenvalue weighted by Crippen LogP contribution is -2.33. The molecule has 1 rings (SSSR count). The summed E-state index contributed by atoms with van der Waals surface area (Å²) in [4.78, 5) is 15.6. The van der Waals surface area contributed by atoms with Crippen LogP contribution in [0, 0.1) is 6.92 Å².